The van der Waals surface area contributed by atoms with Crippen LogP contribution in [0.5, 0.6) is 0 Å². The van der Waals surface area contributed by atoms with Gasteiger partial charge in [0.15, 0.2) is 11.6 Å². The Kier molecular flexibility index (Phi) is 3.55. The van der Waals surface area contributed by atoms with Crippen molar-refractivity contribution >= 4 is 5.97 Å². The molecule has 0 atom stereocenters. The summed E-state index contributed by atoms with van der Waals surface area (Å²) >= 11 is 0. The number of aliphatic carboxylic acids is 1. The van der Waals surface area contributed by atoms with E-state index in [2.05, 4.69) is 0 Å². The fraction of sp³-hybridized carbons (Fsp3) is 0.100. The first-order chi connectivity index (χ1) is 7.41. The van der Waals surface area contributed by atoms with Crippen LogP contribution in [0.15, 0.2) is 23.9 Å². The first-order valence-electron chi connectivity index (χ1n) is 4.24. The molecule has 86 valence electrons. The average Bonchev–Trinajstić information content (AvgIpc) is 2.20. The standard InChI is InChI=1S/C10H8F3NO2/c11-6-4-8(13)7(12)3-5(6)1-2-9(14)10(15)16/h2-4H,1,14H2,(H,15,16). The topological polar surface area (TPSA) is 63.3 Å². The minimum absolute atomic E-state index is 0.164. The van der Waals surface area contributed by atoms with E-state index in [4.69, 9.17) is 10.8 Å². The number of carbonyl (C=O) groups is 1. The Labute approximate surface area is 89.0 Å². The Morgan fingerprint density at radius 1 is 1.25 bits per heavy atom. The number of hydrogen-bond donors (Lipinski definition) is 2. The van der Waals surface area contributed by atoms with Gasteiger partial charge >= 0.3 is 5.97 Å². The molecule has 0 saturated carbocycles. The van der Waals surface area contributed by atoms with Crippen LogP contribution in [-0.4, -0.2) is 11.1 Å². The lowest BCUT2D eigenvalue weighted by molar-refractivity contribution is -0.132. The van der Waals surface area contributed by atoms with Crippen molar-refractivity contribution in [1.29, 1.82) is 0 Å². The fourth-order valence-electron chi connectivity index (χ4n) is 1.03. The highest BCUT2D eigenvalue weighted by Gasteiger charge is 2.09. The van der Waals surface area contributed by atoms with Crippen LogP contribution < -0.4 is 5.73 Å². The molecule has 0 amide bonds. The number of allylic oxidation sites excluding steroid dienone is 1. The molecule has 0 aromatic heterocycles. The van der Waals surface area contributed by atoms with Crippen LogP contribution in [0.1, 0.15) is 5.56 Å². The zero-order chi connectivity index (χ0) is 12.3. The summed E-state index contributed by atoms with van der Waals surface area (Å²) in [7, 11) is 0. The third-order valence-corrected chi connectivity index (χ3v) is 1.88. The van der Waals surface area contributed by atoms with Crippen molar-refractivity contribution in [2.24, 2.45) is 5.73 Å². The van der Waals surface area contributed by atoms with E-state index >= 15 is 0 Å². The van der Waals surface area contributed by atoms with Gasteiger partial charge in [-0.05, 0) is 24.1 Å². The molecule has 16 heavy (non-hydrogen) atoms. The van der Waals surface area contributed by atoms with Gasteiger partial charge in [0.2, 0.25) is 0 Å². The van der Waals surface area contributed by atoms with Crippen molar-refractivity contribution < 1.29 is 23.1 Å². The Bertz CT molecular complexity index is 458. The molecule has 0 aliphatic heterocycles. The largest absolute Gasteiger partial charge is 0.477 e. The van der Waals surface area contributed by atoms with E-state index in [1.165, 1.54) is 0 Å². The molecular formula is C10H8F3NO2. The molecule has 0 fully saturated rings. The van der Waals surface area contributed by atoms with Gasteiger partial charge in [0.05, 0.1) is 0 Å². The van der Waals surface area contributed by atoms with Crippen LogP contribution >= 0.6 is 0 Å². The highest BCUT2D eigenvalue weighted by atomic mass is 19.2. The monoisotopic (exact) mass is 231 g/mol. The van der Waals surface area contributed by atoms with E-state index in [1.54, 1.807) is 0 Å². The summed E-state index contributed by atoms with van der Waals surface area (Å²) in [5, 5.41) is 8.41. The van der Waals surface area contributed by atoms with Gasteiger partial charge in [-0.2, -0.15) is 0 Å². The van der Waals surface area contributed by atoms with Crippen molar-refractivity contribution in [3.63, 3.8) is 0 Å². The van der Waals surface area contributed by atoms with Crippen molar-refractivity contribution in [2.45, 2.75) is 6.42 Å². The molecule has 1 aromatic carbocycles. The van der Waals surface area contributed by atoms with Gasteiger partial charge < -0.3 is 10.8 Å². The fourth-order valence-corrected chi connectivity index (χ4v) is 1.03. The predicted molar refractivity (Wildman–Crippen MR) is 49.9 cm³/mol. The normalized spacial score (nSPS) is 11.6. The highest BCUT2D eigenvalue weighted by Crippen LogP contribution is 2.14. The number of carboxylic acids is 1. The van der Waals surface area contributed by atoms with E-state index in [-0.39, 0.29) is 12.0 Å². The van der Waals surface area contributed by atoms with Crippen molar-refractivity contribution in [1.82, 2.24) is 0 Å². The van der Waals surface area contributed by atoms with Gasteiger partial charge in [-0.25, -0.2) is 18.0 Å². The number of halogens is 3. The van der Waals surface area contributed by atoms with E-state index < -0.39 is 29.1 Å². The second kappa shape index (κ2) is 4.69. The molecule has 0 spiro atoms. The first kappa shape index (κ1) is 12.1. The predicted octanol–water partition coefficient (Wildman–Crippen LogP) is 1.57. The second-order valence-electron chi connectivity index (χ2n) is 3.03. The van der Waals surface area contributed by atoms with E-state index in [9.17, 15) is 18.0 Å². The van der Waals surface area contributed by atoms with Gasteiger partial charge in [0, 0.05) is 6.07 Å². The molecule has 0 heterocycles. The van der Waals surface area contributed by atoms with Gasteiger partial charge in [0.25, 0.3) is 0 Å². The van der Waals surface area contributed by atoms with Crippen molar-refractivity contribution in [3.05, 3.63) is 46.9 Å². The van der Waals surface area contributed by atoms with Crippen LogP contribution in [0.3, 0.4) is 0 Å². The van der Waals surface area contributed by atoms with Gasteiger partial charge in [0.1, 0.15) is 11.5 Å². The Morgan fingerprint density at radius 3 is 2.38 bits per heavy atom. The molecule has 0 aliphatic carbocycles. The summed E-state index contributed by atoms with van der Waals surface area (Å²) in [5.41, 5.74) is 4.41. The Hall–Kier alpha value is -1.98. The molecule has 0 radical (unpaired) electrons. The summed E-state index contributed by atoms with van der Waals surface area (Å²) in [5.74, 6) is -4.80. The van der Waals surface area contributed by atoms with Gasteiger partial charge in [-0.3, -0.25) is 0 Å². The summed E-state index contributed by atoms with van der Waals surface area (Å²) in [4.78, 5) is 10.3. The van der Waals surface area contributed by atoms with Crippen LogP contribution in [0, 0.1) is 17.5 Å². The quantitative estimate of drug-likeness (QED) is 0.613. The number of carboxylic acid groups (broad SMARTS) is 1. The van der Waals surface area contributed by atoms with Crippen molar-refractivity contribution in [3.8, 4) is 0 Å². The van der Waals surface area contributed by atoms with Gasteiger partial charge in [-0.15, -0.1) is 0 Å². The average molecular weight is 231 g/mol. The first-order valence-corrected chi connectivity index (χ1v) is 4.24. The second-order valence-corrected chi connectivity index (χ2v) is 3.03. The molecule has 3 nitrogen and oxygen atoms in total. The number of nitrogens with two attached hydrogens (primary N) is 1. The maximum Gasteiger partial charge on any atom is 0.351 e. The maximum absolute atomic E-state index is 13.1. The lowest BCUT2D eigenvalue weighted by Crippen LogP contribution is -2.10. The minimum Gasteiger partial charge on any atom is -0.477 e. The van der Waals surface area contributed by atoms with Gasteiger partial charge in [-0.1, -0.05) is 0 Å². The van der Waals surface area contributed by atoms with E-state index in [0.29, 0.717) is 12.1 Å². The molecular weight excluding hydrogens is 223 g/mol. The number of benzene rings is 1. The summed E-state index contributed by atoms with van der Waals surface area (Å²) < 4.78 is 38.3. The molecule has 0 saturated heterocycles. The third kappa shape index (κ3) is 2.75. The van der Waals surface area contributed by atoms with E-state index in [0.717, 1.165) is 6.08 Å². The lowest BCUT2D eigenvalue weighted by atomic mass is 10.1. The van der Waals surface area contributed by atoms with Crippen LogP contribution in [-0.2, 0) is 11.2 Å². The minimum atomic E-state index is -1.36. The lowest BCUT2D eigenvalue weighted by Gasteiger charge is -2.01. The Balaban J connectivity index is 2.94. The molecule has 6 heteroatoms. The summed E-state index contributed by atoms with van der Waals surface area (Å²) in [6.07, 6.45) is 0.791. The zero-order valence-electron chi connectivity index (χ0n) is 8.01. The van der Waals surface area contributed by atoms with E-state index in [1.807, 2.05) is 0 Å². The summed E-state index contributed by atoms with van der Waals surface area (Å²) in [6.45, 7) is 0. The van der Waals surface area contributed by atoms with Crippen LogP contribution in [0.25, 0.3) is 0 Å². The molecule has 0 aliphatic rings. The SMILES string of the molecule is NC(=CCc1cc(F)c(F)cc1F)C(=O)O. The van der Waals surface area contributed by atoms with Crippen LogP contribution in [0.4, 0.5) is 13.2 Å². The van der Waals surface area contributed by atoms with Crippen LogP contribution in [0.2, 0.25) is 0 Å². The molecule has 1 rings (SSSR count). The number of rotatable bonds is 3. The maximum atomic E-state index is 13.1. The third-order valence-electron chi connectivity index (χ3n) is 1.88. The Morgan fingerprint density at radius 2 is 1.81 bits per heavy atom. The smallest absolute Gasteiger partial charge is 0.351 e. The summed E-state index contributed by atoms with van der Waals surface area (Å²) in [6, 6.07) is 1.06. The molecule has 0 bridgehead atoms. The molecule has 1 aromatic rings. The number of hydrogen-bond acceptors (Lipinski definition) is 2. The zero-order valence-corrected chi connectivity index (χ0v) is 8.01. The molecule has 0 unspecified atom stereocenters. The molecule has 3 N–H and O–H groups in total. The van der Waals surface area contributed by atoms with Crippen molar-refractivity contribution in [2.75, 3.05) is 0 Å². The highest BCUT2D eigenvalue weighted by molar-refractivity contribution is 5.85.